The van der Waals surface area contributed by atoms with E-state index in [9.17, 15) is 4.79 Å². The van der Waals surface area contributed by atoms with Gasteiger partial charge in [0.25, 0.3) is 5.91 Å². The Morgan fingerprint density at radius 3 is 2.96 bits per heavy atom. The second kappa shape index (κ2) is 8.17. The number of rotatable bonds is 5. The van der Waals surface area contributed by atoms with Crippen LogP contribution in [0.25, 0.3) is 0 Å². The molecule has 2 aromatic rings. The predicted octanol–water partition coefficient (Wildman–Crippen LogP) is 2.96. The number of aromatic nitrogens is 2. The molecule has 1 unspecified atom stereocenters. The summed E-state index contributed by atoms with van der Waals surface area (Å²) >= 11 is 5.94. The van der Waals surface area contributed by atoms with Crippen molar-refractivity contribution in [1.82, 2.24) is 20.8 Å². The number of hydrogen-bond donors (Lipinski definition) is 2. The summed E-state index contributed by atoms with van der Waals surface area (Å²) in [6.07, 6.45) is 1.88. The highest BCUT2D eigenvalue weighted by molar-refractivity contribution is 6.30. The van der Waals surface area contributed by atoms with Gasteiger partial charge in [-0.3, -0.25) is 4.79 Å². The van der Waals surface area contributed by atoms with Gasteiger partial charge in [-0.1, -0.05) is 22.8 Å². The molecule has 1 aliphatic rings. The average Bonchev–Trinajstić information content (AvgIpc) is 3.19. The first-order valence-corrected chi connectivity index (χ1v) is 8.44. The summed E-state index contributed by atoms with van der Waals surface area (Å²) < 4.78 is 5.36. The quantitative estimate of drug-likeness (QED) is 0.827. The van der Waals surface area contributed by atoms with E-state index >= 15 is 0 Å². The van der Waals surface area contributed by atoms with Crippen LogP contribution in [0.5, 0.6) is 0 Å². The van der Waals surface area contributed by atoms with Crippen molar-refractivity contribution in [3.05, 3.63) is 46.6 Å². The van der Waals surface area contributed by atoms with Crippen LogP contribution in [0.3, 0.4) is 0 Å². The molecule has 136 valence electrons. The van der Waals surface area contributed by atoms with Crippen molar-refractivity contribution in [1.29, 1.82) is 0 Å². The van der Waals surface area contributed by atoms with E-state index in [2.05, 4.69) is 20.8 Å². The molecule has 8 heteroatoms. The summed E-state index contributed by atoms with van der Waals surface area (Å²) in [5.74, 6) is 1.39. The molecule has 2 heterocycles. The van der Waals surface area contributed by atoms with Crippen molar-refractivity contribution in [3.8, 4) is 0 Å². The Bertz CT molecular complexity index is 727. The minimum absolute atomic E-state index is 0. The molecular formula is C17H22Cl2N4O2. The molecule has 1 aromatic carbocycles. The smallest absolute Gasteiger partial charge is 0.252 e. The number of halogens is 2. The minimum Gasteiger partial charge on any atom is -0.340 e. The first kappa shape index (κ1) is 19.7. The van der Waals surface area contributed by atoms with Gasteiger partial charge in [-0.15, -0.1) is 12.4 Å². The van der Waals surface area contributed by atoms with Gasteiger partial charge in [-0.2, -0.15) is 4.98 Å². The lowest BCUT2D eigenvalue weighted by Gasteiger charge is -2.22. The number of hydrogen-bond acceptors (Lipinski definition) is 5. The molecule has 1 amide bonds. The van der Waals surface area contributed by atoms with Crippen molar-refractivity contribution in [3.63, 3.8) is 0 Å². The van der Waals surface area contributed by atoms with Crippen LogP contribution in [0.15, 0.2) is 28.8 Å². The van der Waals surface area contributed by atoms with Crippen LogP contribution in [0.4, 0.5) is 0 Å². The molecule has 1 atom stereocenters. The van der Waals surface area contributed by atoms with Crippen LogP contribution < -0.4 is 10.6 Å². The summed E-state index contributed by atoms with van der Waals surface area (Å²) in [5.41, 5.74) is -0.244. The lowest BCUT2D eigenvalue weighted by Crippen LogP contribution is -2.41. The SMILES string of the molecule is CC(C)(NC(=O)c1cccc(Cl)c1)c1noc(CC2CCNC2)n1.Cl. The molecule has 1 aromatic heterocycles. The van der Waals surface area contributed by atoms with Crippen molar-refractivity contribution >= 4 is 29.9 Å². The molecule has 3 rings (SSSR count). The average molecular weight is 385 g/mol. The Morgan fingerprint density at radius 2 is 2.28 bits per heavy atom. The standard InChI is InChI=1S/C17H21ClN4O2.ClH/c1-17(2,21-15(23)12-4-3-5-13(18)9-12)16-20-14(24-22-16)8-11-6-7-19-10-11;/h3-5,9,11,19H,6-8,10H2,1-2H3,(H,21,23);1H. The molecule has 0 radical (unpaired) electrons. The monoisotopic (exact) mass is 384 g/mol. The fraction of sp³-hybridized carbons (Fsp3) is 0.471. The molecule has 6 nitrogen and oxygen atoms in total. The second-order valence-electron chi connectivity index (χ2n) is 6.66. The largest absolute Gasteiger partial charge is 0.340 e. The zero-order valence-corrected chi connectivity index (χ0v) is 15.8. The van der Waals surface area contributed by atoms with Gasteiger partial charge in [0.15, 0.2) is 5.82 Å². The highest BCUT2D eigenvalue weighted by Gasteiger charge is 2.30. The minimum atomic E-state index is -0.741. The molecule has 0 saturated carbocycles. The number of nitrogens with zero attached hydrogens (tertiary/aromatic N) is 2. The molecule has 0 bridgehead atoms. The van der Waals surface area contributed by atoms with Gasteiger partial charge in [0.1, 0.15) is 0 Å². The highest BCUT2D eigenvalue weighted by atomic mass is 35.5. The highest BCUT2D eigenvalue weighted by Crippen LogP contribution is 2.20. The van der Waals surface area contributed by atoms with E-state index in [4.69, 9.17) is 16.1 Å². The van der Waals surface area contributed by atoms with E-state index in [1.807, 2.05) is 13.8 Å². The summed E-state index contributed by atoms with van der Waals surface area (Å²) in [4.78, 5) is 16.9. The van der Waals surface area contributed by atoms with Crippen LogP contribution in [-0.4, -0.2) is 29.1 Å². The van der Waals surface area contributed by atoms with Crippen LogP contribution in [0.2, 0.25) is 5.02 Å². The summed E-state index contributed by atoms with van der Waals surface area (Å²) in [6.45, 7) is 5.71. The van der Waals surface area contributed by atoms with E-state index in [0.29, 0.717) is 28.2 Å². The molecule has 25 heavy (non-hydrogen) atoms. The van der Waals surface area contributed by atoms with Gasteiger partial charge >= 0.3 is 0 Å². The lowest BCUT2D eigenvalue weighted by atomic mass is 10.0. The molecule has 2 N–H and O–H groups in total. The van der Waals surface area contributed by atoms with Gasteiger partial charge in [0, 0.05) is 17.0 Å². The van der Waals surface area contributed by atoms with Gasteiger partial charge in [0.2, 0.25) is 5.89 Å². The molecule has 1 aliphatic heterocycles. The van der Waals surface area contributed by atoms with E-state index in [-0.39, 0.29) is 18.3 Å². The van der Waals surface area contributed by atoms with Crippen LogP contribution in [-0.2, 0) is 12.0 Å². The second-order valence-corrected chi connectivity index (χ2v) is 7.10. The first-order valence-electron chi connectivity index (χ1n) is 8.06. The van der Waals surface area contributed by atoms with Gasteiger partial charge in [-0.25, -0.2) is 0 Å². The maximum absolute atomic E-state index is 12.4. The third-order valence-electron chi connectivity index (χ3n) is 4.17. The normalized spacial score (nSPS) is 17.2. The Hall–Kier alpha value is -1.63. The van der Waals surface area contributed by atoms with Crippen molar-refractivity contribution in [2.75, 3.05) is 13.1 Å². The number of nitrogens with one attached hydrogen (secondary N) is 2. The Balaban J connectivity index is 0.00000225. The number of carbonyl (C=O) groups excluding carboxylic acids is 1. The van der Waals surface area contributed by atoms with E-state index < -0.39 is 5.54 Å². The molecule has 0 aliphatic carbocycles. The van der Waals surface area contributed by atoms with Crippen molar-refractivity contribution in [2.24, 2.45) is 5.92 Å². The maximum atomic E-state index is 12.4. The molecule has 1 fully saturated rings. The maximum Gasteiger partial charge on any atom is 0.252 e. The Morgan fingerprint density at radius 1 is 1.48 bits per heavy atom. The van der Waals surface area contributed by atoms with Crippen LogP contribution in [0, 0.1) is 5.92 Å². The van der Waals surface area contributed by atoms with Gasteiger partial charge < -0.3 is 15.2 Å². The third kappa shape index (κ3) is 4.93. The number of amides is 1. The van der Waals surface area contributed by atoms with Crippen LogP contribution >= 0.6 is 24.0 Å². The van der Waals surface area contributed by atoms with Crippen LogP contribution in [0.1, 0.15) is 42.3 Å². The van der Waals surface area contributed by atoms with E-state index in [1.165, 1.54) is 0 Å². The Kier molecular flexibility index (Phi) is 6.43. The fourth-order valence-corrected chi connectivity index (χ4v) is 2.96. The topological polar surface area (TPSA) is 80.0 Å². The van der Waals surface area contributed by atoms with Crippen molar-refractivity contribution < 1.29 is 9.32 Å². The first-order chi connectivity index (χ1) is 11.4. The zero-order chi connectivity index (χ0) is 17.2. The molecule has 0 spiro atoms. The molecular weight excluding hydrogens is 363 g/mol. The summed E-state index contributed by atoms with van der Waals surface area (Å²) in [6, 6.07) is 6.81. The van der Waals surface area contributed by atoms with E-state index in [0.717, 1.165) is 25.9 Å². The number of benzene rings is 1. The zero-order valence-electron chi connectivity index (χ0n) is 14.2. The Labute approximate surface area is 158 Å². The fourth-order valence-electron chi connectivity index (χ4n) is 2.77. The molecule has 1 saturated heterocycles. The predicted molar refractivity (Wildman–Crippen MR) is 98.2 cm³/mol. The summed E-state index contributed by atoms with van der Waals surface area (Å²) in [7, 11) is 0. The van der Waals surface area contributed by atoms with Gasteiger partial charge in [0.05, 0.1) is 5.54 Å². The third-order valence-corrected chi connectivity index (χ3v) is 4.40. The van der Waals surface area contributed by atoms with E-state index in [1.54, 1.807) is 24.3 Å². The number of carbonyl (C=O) groups is 1. The van der Waals surface area contributed by atoms with Gasteiger partial charge in [-0.05, 0) is 57.5 Å². The summed E-state index contributed by atoms with van der Waals surface area (Å²) in [5, 5.41) is 10.8. The van der Waals surface area contributed by atoms with Crippen molar-refractivity contribution in [2.45, 2.75) is 32.2 Å². The lowest BCUT2D eigenvalue weighted by molar-refractivity contribution is 0.0907.